The lowest BCUT2D eigenvalue weighted by molar-refractivity contribution is -0.125. The summed E-state index contributed by atoms with van der Waals surface area (Å²) in [5.41, 5.74) is 0.992. The molecule has 1 aliphatic heterocycles. The summed E-state index contributed by atoms with van der Waals surface area (Å²) in [5, 5.41) is 8.05. The predicted octanol–water partition coefficient (Wildman–Crippen LogP) is 3.82. The molecule has 7 nitrogen and oxygen atoms in total. The largest absolute Gasteiger partial charge is 0.462 e. The van der Waals surface area contributed by atoms with Gasteiger partial charge in [0.25, 0.3) is 0 Å². The Morgan fingerprint density at radius 2 is 2.17 bits per heavy atom. The number of fused-ring (bicyclic) bond motifs is 2. The molecule has 4 rings (SSSR count). The van der Waals surface area contributed by atoms with Crippen molar-refractivity contribution in [2.75, 3.05) is 20.3 Å². The van der Waals surface area contributed by atoms with Crippen molar-refractivity contribution in [1.82, 2.24) is 15.6 Å². The van der Waals surface area contributed by atoms with E-state index in [-0.39, 0.29) is 41.4 Å². The molecule has 168 valence electrons. The van der Waals surface area contributed by atoms with Crippen LogP contribution in [0.3, 0.4) is 0 Å². The Bertz CT molecular complexity index is 793. The van der Waals surface area contributed by atoms with Crippen molar-refractivity contribution in [2.45, 2.75) is 71.1 Å². The summed E-state index contributed by atoms with van der Waals surface area (Å²) >= 11 is 1.39. The van der Waals surface area contributed by atoms with Crippen molar-refractivity contribution in [1.29, 1.82) is 0 Å². The quantitative estimate of drug-likeness (QED) is 0.252. The van der Waals surface area contributed by atoms with Gasteiger partial charge in [-0.25, -0.2) is 9.78 Å². The molecule has 30 heavy (non-hydrogen) atoms. The Morgan fingerprint density at radius 3 is 2.83 bits per heavy atom. The molecular weight excluding hydrogens is 515 g/mol. The van der Waals surface area contributed by atoms with Gasteiger partial charge in [0.05, 0.1) is 24.4 Å². The van der Waals surface area contributed by atoms with Crippen LogP contribution in [0, 0.1) is 18.3 Å². The summed E-state index contributed by atoms with van der Waals surface area (Å²) in [6.45, 7) is 6.96. The monoisotopic (exact) mass is 548 g/mol. The summed E-state index contributed by atoms with van der Waals surface area (Å²) in [5.74, 6) is 1.08. The molecule has 2 aliphatic carbocycles. The van der Waals surface area contributed by atoms with E-state index in [9.17, 15) is 4.79 Å². The van der Waals surface area contributed by atoms with Crippen molar-refractivity contribution in [3.05, 3.63) is 15.6 Å². The van der Waals surface area contributed by atoms with Gasteiger partial charge in [-0.15, -0.1) is 35.3 Å². The van der Waals surface area contributed by atoms with Crippen molar-refractivity contribution in [3.8, 4) is 0 Å². The van der Waals surface area contributed by atoms with E-state index in [0.29, 0.717) is 29.5 Å². The van der Waals surface area contributed by atoms with Crippen LogP contribution in [-0.4, -0.2) is 49.3 Å². The second kappa shape index (κ2) is 9.68. The van der Waals surface area contributed by atoms with E-state index < -0.39 is 0 Å². The average Bonchev–Trinajstić information content (AvgIpc) is 3.43. The van der Waals surface area contributed by atoms with Crippen molar-refractivity contribution in [3.63, 3.8) is 0 Å². The summed E-state index contributed by atoms with van der Waals surface area (Å²) in [4.78, 5) is 21.7. The fraction of sp³-hybridized carbons (Fsp3) is 0.762. The highest BCUT2D eigenvalue weighted by Gasteiger charge is 2.65. The normalized spacial score (nSPS) is 27.7. The molecule has 3 fully saturated rings. The molecule has 4 atom stereocenters. The second-order valence-corrected chi connectivity index (χ2v) is 9.46. The number of thiazole rings is 1. The third-order valence-electron chi connectivity index (χ3n) is 6.80. The lowest BCUT2D eigenvalue weighted by Gasteiger charge is -2.57. The zero-order valence-corrected chi connectivity index (χ0v) is 21.3. The third-order valence-corrected chi connectivity index (χ3v) is 8.12. The number of aliphatic imine (C=N–C) groups is 1. The molecule has 1 aromatic rings. The minimum absolute atomic E-state index is 0. The molecule has 1 aromatic heterocycles. The summed E-state index contributed by atoms with van der Waals surface area (Å²) in [6.07, 6.45) is 6.63. The lowest BCUT2D eigenvalue weighted by atomic mass is 9.54. The van der Waals surface area contributed by atoms with Gasteiger partial charge in [0, 0.05) is 31.0 Å². The van der Waals surface area contributed by atoms with Crippen LogP contribution < -0.4 is 10.6 Å². The van der Waals surface area contributed by atoms with Gasteiger partial charge < -0.3 is 20.1 Å². The topological polar surface area (TPSA) is 84.8 Å². The van der Waals surface area contributed by atoms with Crippen LogP contribution in [-0.2, 0) is 9.47 Å². The highest BCUT2D eigenvalue weighted by Crippen LogP contribution is 2.60. The van der Waals surface area contributed by atoms with Crippen LogP contribution in [0.4, 0.5) is 0 Å². The number of carbonyl (C=O) groups is 1. The summed E-state index contributed by atoms with van der Waals surface area (Å²) in [6, 6.07) is 0.368. The summed E-state index contributed by atoms with van der Waals surface area (Å²) < 4.78 is 11.2. The molecule has 3 aliphatic rings. The molecule has 2 N–H and O–H groups in total. The van der Waals surface area contributed by atoms with Gasteiger partial charge >= 0.3 is 5.97 Å². The van der Waals surface area contributed by atoms with E-state index in [1.807, 2.05) is 27.8 Å². The van der Waals surface area contributed by atoms with E-state index in [0.717, 1.165) is 29.7 Å². The number of nitrogens with zero attached hydrogens (tertiary/aromatic N) is 2. The van der Waals surface area contributed by atoms with Gasteiger partial charge in [-0.3, -0.25) is 4.99 Å². The van der Waals surface area contributed by atoms with Crippen molar-refractivity contribution >= 4 is 47.2 Å². The number of hydrogen-bond acceptors (Lipinski definition) is 6. The van der Waals surface area contributed by atoms with E-state index in [1.165, 1.54) is 37.0 Å². The number of ether oxygens (including phenoxy) is 2. The number of aromatic nitrogens is 1. The molecule has 0 bridgehead atoms. The van der Waals surface area contributed by atoms with Crippen LogP contribution >= 0.6 is 35.3 Å². The minimum Gasteiger partial charge on any atom is -0.462 e. The Hall–Kier alpha value is -0.940. The van der Waals surface area contributed by atoms with E-state index >= 15 is 0 Å². The number of guanidine groups is 1. The molecular formula is C21H33IN4O3S. The maximum absolute atomic E-state index is 12.1. The average molecular weight is 548 g/mol. The maximum atomic E-state index is 12.1. The Labute approximate surface area is 199 Å². The van der Waals surface area contributed by atoms with Crippen molar-refractivity contribution in [2.24, 2.45) is 16.3 Å². The predicted molar refractivity (Wildman–Crippen MR) is 129 cm³/mol. The summed E-state index contributed by atoms with van der Waals surface area (Å²) in [7, 11) is 1.81. The number of halogens is 1. The fourth-order valence-corrected chi connectivity index (χ4v) is 6.44. The van der Waals surface area contributed by atoms with Crippen molar-refractivity contribution < 1.29 is 14.3 Å². The first-order chi connectivity index (χ1) is 14.0. The van der Waals surface area contributed by atoms with Crippen LogP contribution in [0.15, 0.2) is 4.99 Å². The first-order valence-corrected chi connectivity index (χ1v) is 11.6. The van der Waals surface area contributed by atoms with Gasteiger partial charge in [0.1, 0.15) is 9.88 Å². The molecule has 2 saturated carbocycles. The number of rotatable bonds is 5. The highest BCUT2D eigenvalue weighted by molar-refractivity contribution is 14.0. The lowest BCUT2D eigenvalue weighted by Crippen LogP contribution is -2.69. The maximum Gasteiger partial charge on any atom is 0.350 e. The van der Waals surface area contributed by atoms with Gasteiger partial charge in [-0.05, 0) is 40.0 Å². The Morgan fingerprint density at radius 1 is 1.43 bits per heavy atom. The molecule has 4 unspecified atom stereocenters. The van der Waals surface area contributed by atoms with Gasteiger partial charge in [-0.2, -0.15) is 0 Å². The fourth-order valence-electron chi connectivity index (χ4n) is 5.48. The Balaban J connectivity index is 0.00000256. The highest BCUT2D eigenvalue weighted by atomic mass is 127. The smallest absolute Gasteiger partial charge is 0.350 e. The van der Waals surface area contributed by atoms with Crippen LogP contribution in [0.2, 0.25) is 0 Å². The molecule has 0 radical (unpaired) electrons. The van der Waals surface area contributed by atoms with Gasteiger partial charge in [-0.1, -0.05) is 12.8 Å². The molecule has 2 heterocycles. The third kappa shape index (κ3) is 4.09. The van der Waals surface area contributed by atoms with Crippen LogP contribution in [0.25, 0.3) is 0 Å². The number of carbonyl (C=O) groups excluding carboxylic acids is 1. The number of aryl methyl sites for hydroxylation is 1. The van der Waals surface area contributed by atoms with Crippen LogP contribution in [0.5, 0.6) is 0 Å². The van der Waals surface area contributed by atoms with E-state index in [1.54, 1.807) is 0 Å². The number of esters is 1. The number of hydrogen-bond donors (Lipinski definition) is 2. The molecule has 9 heteroatoms. The van der Waals surface area contributed by atoms with Gasteiger partial charge in [0.2, 0.25) is 0 Å². The van der Waals surface area contributed by atoms with Crippen LogP contribution in [0.1, 0.15) is 72.4 Å². The Kier molecular flexibility index (Phi) is 7.66. The second-order valence-electron chi connectivity index (χ2n) is 8.43. The first-order valence-electron chi connectivity index (χ1n) is 10.8. The first kappa shape index (κ1) is 23.7. The molecule has 1 saturated heterocycles. The zero-order chi connectivity index (χ0) is 20.6. The van der Waals surface area contributed by atoms with E-state index in [2.05, 4.69) is 20.6 Å². The molecule has 1 spiro atoms. The number of nitrogens with one attached hydrogen (secondary N) is 2. The van der Waals surface area contributed by atoms with Gasteiger partial charge in [0.15, 0.2) is 5.96 Å². The van der Waals surface area contributed by atoms with E-state index in [4.69, 9.17) is 9.47 Å². The zero-order valence-electron chi connectivity index (χ0n) is 18.2. The standard InChI is InChI=1S/C21H32N4O3S.HI/c1-5-27-19(26)15-12(2)23-18(29-15)13(3)24-20(22-4)25-16-14-8-11-28-17(14)21(16)9-6-7-10-21;/h13-14,16-17H,5-11H2,1-4H3,(H2,22,24,25);1H. The SMILES string of the molecule is CCOC(=O)c1sc(C(C)NC(=NC)NC2C3CCOC3C23CCCC3)nc1C.I. The molecule has 0 amide bonds. The minimum atomic E-state index is -0.298. The molecule has 0 aromatic carbocycles.